The molecule has 2 saturated heterocycles. The van der Waals surface area contributed by atoms with Crippen molar-refractivity contribution in [2.75, 3.05) is 26.2 Å². The normalized spacial score (nSPS) is 20.5. The average molecular weight is 364 g/mol. The van der Waals surface area contributed by atoms with Crippen LogP contribution in [-0.2, 0) is 9.59 Å². The minimum atomic E-state index is -0.314. The molecule has 2 N–H and O–H groups in total. The van der Waals surface area contributed by atoms with Crippen LogP contribution in [0.2, 0.25) is 5.02 Å². The highest BCUT2D eigenvalue weighted by molar-refractivity contribution is 6.30. The summed E-state index contributed by atoms with van der Waals surface area (Å²) in [6.45, 7) is 5.27. The maximum atomic E-state index is 12.8. The molecule has 2 aliphatic rings. The third-order valence-electron chi connectivity index (χ3n) is 5.54. The second-order valence-electron chi connectivity index (χ2n) is 7.32. The number of likely N-dealkylation sites (tertiary alicyclic amines) is 1. The summed E-state index contributed by atoms with van der Waals surface area (Å²) in [7, 11) is 0. The first-order valence-electron chi connectivity index (χ1n) is 8.99. The maximum absolute atomic E-state index is 12.8. The van der Waals surface area contributed by atoms with Crippen molar-refractivity contribution in [3.05, 3.63) is 34.9 Å². The molecule has 0 aromatic heterocycles. The van der Waals surface area contributed by atoms with Crippen molar-refractivity contribution < 1.29 is 9.59 Å². The largest absolute Gasteiger partial charge is 0.349 e. The quantitative estimate of drug-likeness (QED) is 0.864. The van der Waals surface area contributed by atoms with Gasteiger partial charge in [0.15, 0.2) is 0 Å². The molecule has 2 amide bonds. The number of piperidine rings is 1. The molecule has 5 nitrogen and oxygen atoms in total. The van der Waals surface area contributed by atoms with Crippen LogP contribution in [0.15, 0.2) is 24.3 Å². The number of hydrogen-bond donors (Lipinski definition) is 2. The van der Waals surface area contributed by atoms with Gasteiger partial charge in [-0.05, 0) is 48.9 Å². The fourth-order valence-electron chi connectivity index (χ4n) is 3.95. The Balaban J connectivity index is 1.62. The zero-order chi connectivity index (χ0) is 17.9. The molecule has 1 atom stereocenters. The van der Waals surface area contributed by atoms with E-state index in [1.165, 1.54) is 13.3 Å². The lowest BCUT2D eigenvalue weighted by Crippen LogP contribution is -2.45. The van der Waals surface area contributed by atoms with Gasteiger partial charge >= 0.3 is 0 Å². The van der Waals surface area contributed by atoms with Crippen LogP contribution in [0.1, 0.15) is 44.2 Å². The molecule has 2 heterocycles. The Morgan fingerprint density at radius 1 is 1.24 bits per heavy atom. The Hall–Kier alpha value is -1.59. The minimum absolute atomic E-state index is 0.106. The van der Waals surface area contributed by atoms with Crippen LogP contribution in [0.3, 0.4) is 0 Å². The minimum Gasteiger partial charge on any atom is -0.349 e. The van der Waals surface area contributed by atoms with Gasteiger partial charge in [-0.2, -0.15) is 0 Å². The maximum Gasteiger partial charge on any atom is 0.224 e. The molecule has 1 spiro atoms. The Bertz CT molecular complexity index is 616. The molecule has 0 radical (unpaired) electrons. The van der Waals surface area contributed by atoms with Crippen LogP contribution in [-0.4, -0.2) is 42.9 Å². The first-order valence-corrected chi connectivity index (χ1v) is 9.36. The van der Waals surface area contributed by atoms with Gasteiger partial charge in [-0.3, -0.25) is 9.59 Å². The summed E-state index contributed by atoms with van der Waals surface area (Å²) in [6.07, 6.45) is 3.63. The van der Waals surface area contributed by atoms with Crippen LogP contribution in [0.4, 0.5) is 0 Å². The van der Waals surface area contributed by atoms with Crippen molar-refractivity contribution in [1.29, 1.82) is 0 Å². The van der Waals surface area contributed by atoms with Gasteiger partial charge in [0, 0.05) is 31.6 Å². The van der Waals surface area contributed by atoms with Gasteiger partial charge < -0.3 is 15.5 Å². The monoisotopic (exact) mass is 363 g/mol. The highest BCUT2D eigenvalue weighted by Crippen LogP contribution is 2.37. The molecule has 2 fully saturated rings. The molecule has 0 aliphatic carbocycles. The van der Waals surface area contributed by atoms with Crippen molar-refractivity contribution in [2.24, 2.45) is 5.41 Å². The molecule has 136 valence electrons. The molecule has 25 heavy (non-hydrogen) atoms. The van der Waals surface area contributed by atoms with Crippen molar-refractivity contribution in [1.82, 2.24) is 15.5 Å². The fourth-order valence-corrected chi connectivity index (χ4v) is 4.08. The van der Waals surface area contributed by atoms with E-state index in [0.29, 0.717) is 10.4 Å². The van der Waals surface area contributed by atoms with Crippen LogP contribution < -0.4 is 10.6 Å². The standard InChI is InChI=1S/C19H26ClN3O2/c1-14(24)22-17(15-2-4-16(20)5-3-15)12-18(25)23-10-7-19(8-11-23)6-9-21-13-19/h2-5,17,21H,6-13H2,1H3,(H,22,24). The SMILES string of the molecule is CC(=O)NC(CC(=O)N1CCC2(CCNC2)CC1)c1ccc(Cl)cc1. The molecule has 0 bridgehead atoms. The first-order chi connectivity index (χ1) is 12.0. The molecule has 6 heteroatoms. The molecule has 1 aromatic rings. The topological polar surface area (TPSA) is 61.4 Å². The van der Waals surface area contributed by atoms with Crippen LogP contribution in [0.5, 0.6) is 0 Å². The Morgan fingerprint density at radius 3 is 2.48 bits per heavy atom. The zero-order valence-electron chi connectivity index (χ0n) is 14.7. The van der Waals surface area contributed by atoms with Crippen molar-refractivity contribution >= 4 is 23.4 Å². The summed E-state index contributed by atoms with van der Waals surface area (Å²) < 4.78 is 0. The number of benzene rings is 1. The first kappa shape index (κ1) is 18.2. The van der Waals surface area contributed by atoms with E-state index < -0.39 is 0 Å². The number of nitrogens with zero attached hydrogens (tertiary/aromatic N) is 1. The molecular weight excluding hydrogens is 338 g/mol. The predicted molar refractivity (Wildman–Crippen MR) is 98.4 cm³/mol. The zero-order valence-corrected chi connectivity index (χ0v) is 15.4. The van der Waals surface area contributed by atoms with E-state index in [1.807, 2.05) is 17.0 Å². The van der Waals surface area contributed by atoms with E-state index in [4.69, 9.17) is 11.6 Å². The summed E-state index contributed by atoms with van der Waals surface area (Å²) in [5.74, 6) is -0.0307. The van der Waals surface area contributed by atoms with E-state index >= 15 is 0 Å². The molecular formula is C19H26ClN3O2. The van der Waals surface area contributed by atoms with Crippen LogP contribution in [0, 0.1) is 5.41 Å². The highest BCUT2D eigenvalue weighted by atomic mass is 35.5. The average Bonchev–Trinajstić information content (AvgIpc) is 3.03. The van der Waals surface area contributed by atoms with E-state index in [1.54, 1.807) is 12.1 Å². The summed E-state index contributed by atoms with van der Waals surface area (Å²) in [5.41, 5.74) is 1.30. The van der Waals surface area contributed by atoms with Crippen molar-refractivity contribution in [2.45, 2.75) is 38.6 Å². The van der Waals surface area contributed by atoms with E-state index in [0.717, 1.165) is 44.6 Å². The van der Waals surface area contributed by atoms with Crippen molar-refractivity contribution in [3.8, 4) is 0 Å². The fraction of sp³-hybridized carbons (Fsp3) is 0.579. The molecule has 3 rings (SSSR count). The van der Waals surface area contributed by atoms with Crippen molar-refractivity contribution in [3.63, 3.8) is 0 Å². The second-order valence-corrected chi connectivity index (χ2v) is 7.75. The molecule has 1 unspecified atom stereocenters. The summed E-state index contributed by atoms with van der Waals surface area (Å²) in [5, 5.41) is 6.98. The Kier molecular flexibility index (Phi) is 5.64. The van der Waals surface area contributed by atoms with Gasteiger partial charge in [0.1, 0.15) is 0 Å². The van der Waals surface area contributed by atoms with Crippen LogP contribution in [0.25, 0.3) is 0 Å². The third-order valence-corrected chi connectivity index (χ3v) is 5.79. The van der Waals surface area contributed by atoms with E-state index in [9.17, 15) is 9.59 Å². The van der Waals surface area contributed by atoms with Gasteiger partial charge in [-0.1, -0.05) is 23.7 Å². The number of halogens is 1. The van der Waals surface area contributed by atoms with Gasteiger partial charge in [-0.25, -0.2) is 0 Å². The number of carbonyl (C=O) groups is 2. The van der Waals surface area contributed by atoms with Gasteiger partial charge in [0.25, 0.3) is 0 Å². The van der Waals surface area contributed by atoms with E-state index in [2.05, 4.69) is 10.6 Å². The van der Waals surface area contributed by atoms with Gasteiger partial charge in [0.2, 0.25) is 11.8 Å². The Morgan fingerprint density at radius 2 is 1.92 bits per heavy atom. The lowest BCUT2D eigenvalue weighted by atomic mass is 9.78. The second kappa shape index (κ2) is 7.75. The number of rotatable bonds is 4. The third kappa shape index (κ3) is 4.53. The number of carbonyl (C=O) groups excluding carboxylic acids is 2. The van der Waals surface area contributed by atoms with Crippen LogP contribution >= 0.6 is 11.6 Å². The van der Waals surface area contributed by atoms with Gasteiger partial charge in [-0.15, -0.1) is 0 Å². The Labute approximate surface area is 154 Å². The summed E-state index contributed by atoms with van der Waals surface area (Å²) in [6, 6.07) is 6.99. The lowest BCUT2D eigenvalue weighted by molar-refractivity contribution is -0.134. The number of hydrogen-bond acceptors (Lipinski definition) is 3. The molecule has 2 aliphatic heterocycles. The number of nitrogens with one attached hydrogen (secondary N) is 2. The smallest absolute Gasteiger partial charge is 0.224 e. The van der Waals surface area contributed by atoms with Gasteiger partial charge in [0.05, 0.1) is 12.5 Å². The van der Waals surface area contributed by atoms with E-state index in [-0.39, 0.29) is 24.3 Å². The highest BCUT2D eigenvalue weighted by Gasteiger charge is 2.38. The predicted octanol–water partition coefficient (Wildman–Crippen LogP) is 2.51. The molecule has 0 saturated carbocycles. The summed E-state index contributed by atoms with van der Waals surface area (Å²) in [4.78, 5) is 26.3. The summed E-state index contributed by atoms with van der Waals surface area (Å²) >= 11 is 5.94. The lowest BCUT2D eigenvalue weighted by Gasteiger charge is -2.39. The molecule has 1 aromatic carbocycles. The number of amides is 2.